The van der Waals surface area contributed by atoms with E-state index in [1.54, 1.807) is 50.5 Å². The summed E-state index contributed by atoms with van der Waals surface area (Å²) in [6.45, 7) is 1.03. The van der Waals surface area contributed by atoms with E-state index >= 15 is 0 Å². The number of ether oxygens (including phenoxy) is 3. The Morgan fingerprint density at radius 1 is 1.07 bits per heavy atom. The molecule has 0 aromatic heterocycles. The number of hydrogen-bond acceptors (Lipinski definition) is 9. The predicted molar refractivity (Wildman–Crippen MR) is 166 cm³/mol. The van der Waals surface area contributed by atoms with Crippen molar-refractivity contribution in [2.75, 3.05) is 27.2 Å². The first-order valence-electron chi connectivity index (χ1n) is 15.2. The van der Waals surface area contributed by atoms with Gasteiger partial charge in [0.15, 0.2) is 5.79 Å². The SMILES string of the molecule is CC(O)C(NC(=O)C1=CC2OC3(Cc4ccccc4C3)OC2C(OC(=O)c2ccc(C=CC(=O)N(C)C)cc2)C1)C(=O)NCCO. The molecule has 1 saturated heterocycles. The number of aliphatic hydroxyl groups excluding tert-OH is 2. The van der Waals surface area contributed by atoms with Crippen LogP contribution in [0.4, 0.5) is 0 Å². The van der Waals surface area contributed by atoms with Crippen LogP contribution in [0.15, 0.2) is 66.3 Å². The zero-order valence-corrected chi connectivity index (χ0v) is 26.0. The van der Waals surface area contributed by atoms with Crippen LogP contribution < -0.4 is 10.6 Å². The summed E-state index contributed by atoms with van der Waals surface area (Å²) in [7, 11) is 3.31. The van der Waals surface area contributed by atoms with Gasteiger partial charge in [-0.1, -0.05) is 36.4 Å². The lowest BCUT2D eigenvalue weighted by Crippen LogP contribution is -2.54. The average molecular weight is 634 g/mol. The number of hydrogen-bond donors (Lipinski definition) is 4. The van der Waals surface area contributed by atoms with Crippen molar-refractivity contribution < 1.29 is 43.6 Å². The number of esters is 1. The summed E-state index contributed by atoms with van der Waals surface area (Å²) in [5, 5.41) is 24.3. The minimum Gasteiger partial charge on any atom is -0.456 e. The fourth-order valence-electron chi connectivity index (χ4n) is 5.84. The third-order valence-electron chi connectivity index (χ3n) is 8.23. The van der Waals surface area contributed by atoms with Crippen molar-refractivity contribution in [3.8, 4) is 0 Å². The van der Waals surface area contributed by atoms with Gasteiger partial charge in [0.2, 0.25) is 17.7 Å². The van der Waals surface area contributed by atoms with Crippen molar-refractivity contribution >= 4 is 29.8 Å². The van der Waals surface area contributed by atoms with E-state index in [4.69, 9.17) is 19.3 Å². The molecule has 1 aliphatic heterocycles. The molecule has 0 radical (unpaired) electrons. The summed E-state index contributed by atoms with van der Waals surface area (Å²) in [5.74, 6) is -3.07. The Hall–Kier alpha value is -4.36. The van der Waals surface area contributed by atoms with Crippen molar-refractivity contribution in [2.24, 2.45) is 0 Å². The summed E-state index contributed by atoms with van der Waals surface area (Å²) in [4.78, 5) is 52.7. The Bertz CT molecular complexity index is 1510. The van der Waals surface area contributed by atoms with Crippen LogP contribution in [0.1, 0.15) is 40.4 Å². The Labute approximate surface area is 267 Å². The molecular weight excluding hydrogens is 594 g/mol. The van der Waals surface area contributed by atoms with Gasteiger partial charge in [0.05, 0.1) is 18.3 Å². The smallest absolute Gasteiger partial charge is 0.338 e. The molecule has 5 atom stereocenters. The fraction of sp³-hybridized carbons (Fsp3) is 0.412. The molecule has 2 aliphatic carbocycles. The molecule has 12 heteroatoms. The van der Waals surface area contributed by atoms with Crippen LogP contribution in [0.2, 0.25) is 0 Å². The third kappa shape index (κ3) is 7.37. The lowest BCUT2D eigenvalue weighted by atomic mass is 9.91. The van der Waals surface area contributed by atoms with Crippen LogP contribution in [-0.4, -0.2) is 102 Å². The lowest BCUT2D eigenvalue weighted by Gasteiger charge is -2.31. The van der Waals surface area contributed by atoms with Crippen molar-refractivity contribution in [1.29, 1.82) is 0 Å². The minimum atomic E-state index is -1.28. The van der Waals surface area contributed by atoms with Crippen LogP contribution in [-0.2, 0) is 41.4 Å². The van der Waals surface area contributed by atoms with Crippen LogP contribution in [0.3, 0.4) is 0 Å². The number of fused-ring (bicyclic) bond motifs is 2. The van der Waals surface area contributed by atoms with Crippen molar-refractivity contribution in [1.82, 2.24) is 15.5 Å². The molecule has 3 amide bonds. The summed E-state index contributed by atoms with van der Waals surface area (Å²) in [5.41, 5.74) is 3.38. The van der Waals surface area contributed by atoms with Crippen LogP contribution in [0, 0.1) is 0 Å². The van der Waals surface area contributed by atoms with Gasteiger partial charge in [-0.2, -0.15) is 0 Å². The molecule has 0 bridgehead atoms. The number of carbonyl (C=O) groups excluding carboxylic acids is 4. The fourth-order valence-corrected chi connectivity index (χ4v) is 5.84. The van der Waals surface area contributed by atoms with Crippen molar-refractivity contribution in [3.05, 3.63) is 88.5 Å². The van der Waals surface area contributed by atoms with Gasteiger partial charge >= 0.3 is 5.97 Å². The molecule has 46 heavy (non-hydrogen) atoms. The second-order valence-corrected chi connectivity index (χ2v) is 11.9. The molecule has 244 valence electrons. The van der Waals surface area contributed by atoms with Gasteiger partial charge in [-0.3, -0.25) is 14.4 Å². The molecular formula is C34H39N3O9. The minimum absolute atomic E-state index is 0.0244. The molecule has 1 spiro atoms. The Morgan fingerprint density at radius 2 is 1.74 bits per heavy atom. The van der Waals surface area contributed by atoms with Gasteiger partial charge in [0.25, 0.3) is 0 Å². The molecule has 3 aliphatic rings. The lowest BCUT2D eigenvalue weighted by molar-refractivity contribution is -0.172. The summed E-state index contributed by atoms with van der Waals surface area (Å²) < 4.78 is 19.0. The highest BCUT2D eigenvalue weighted by atomic mass is 16.8. The zero-order chi connectivity index (χ0) is 33.0. The topological polar surface area (TPSA) is 164 Å². The quantitative estimate of drug-likeness (QED) is 0.220. The first-order chi connectivity index (χ1) is 22.0. The second kappa shape index (κ2) is 14.0. The number of nitrogens with zero attached hydrogens (tertiary/aromatic N) is 1. The number of nitrogens with one attached hydrogen (secondary N) is 2. The van der Waals surface area contributed by atoms with E-state index in [0.29, 0.717) is 12.8 Å². The van der Waals surface area contributed by atoms with E-state index in [9.17, 15) is 24.3 Å². The van der Waals surface area contributed by atoms with E-state index in [1.165, 1.54) is 17.9 Å². The van der Waals surface area contributed by atoms with Crippen LogP contribution >= 0.6 is 0 Å². The third-order valence-corrected chi connectivity index (χ3v) is 8.23. The standard InChI is InChI=1S/C34H39N3O9/c1-20(39)29(32(42)35-14-15-38)36-31(41)25-16-26(44-33(43)22-11-8-21(9-12-22)10-13-28(40)37(2)3)30-27(17-25)45-34(46-30)18-23-6-4-5-7-24(23)19-34/h4-13,17,20,26-27,29-30,38-39H,14-16,18-19H2,1-3H3,(H,35,42)(H,36,41). The maximum absolute atomic E-state index is 13.5. The van der Waals surface area contributed by atoms with Gasteiger partial charge in [-0.15, -0.1) is 0 Å². The molecule has 2 aromatic rings. The van der Waals surface area contributed by atoms with E-state index in [0.717, 1.165) is 16.7 Å². The van der Waals surface area contributed by atoms with Gasteiger partial charge in [-0.05, 0) is 47.9 Å². The highest BCUT2D eigenvalue weighted by Crippen LogP contribution is 2.45. The predicted octanol–water partition coefficient (Wildman–Crippen LogP) is 0.897. The first-order valence-corrected chi connectivity index (χ1v) is 15.2. The molecule has 1 heterocycles. The Morgan fingerprint density at radius 3 is 2.35 bits per heavy atom. The van der Waals surface area contributed by atoms with Crippen molar-refractivity contribution in [3.63, 3.8) is 0 Å². The van der Waals surface area contributed by atoms with E-state index in [2.05, 4.69) is 10.6 Å². The number of aliphatic hydroxyl groups is 2. The largest absolute Gasteiger partial charge is 0.456 e. The highest BCUT2D eigenvalue weighted by Gasteiger charge is 2.55. The number of amides is 3. The summed E-state index contributed by atoms with van der Waals surface area (Å²) >= 11 is 0. The van der Waals surface area contributed by atoms with E-state index in [1.807, 2.05) is 24.3 Å². The molecule has 2 aromatic carbocycles. The van der Waals surface area contributed by atoms with Gasteiger partial charge < -0.3 is 40.0 Å². The number of carbonyl (C=O) groups is 4. The van der Waals surface area contributed by atoms with E-state index in [-0.39, 0.29) is 36.6 Å². The highest BCUT2D eigenvalue weighted by molar-refractivity contribution is 5.98. The molecule has 0 saturated carbocycles. The van der Waals surface area contributed by atoms with E-state index < -0.39 is 54.0 Å². The van der Waals surface area contributed by atoms with Crippen LogP contribution in [0.5, 0.6) is 0 Å². The number of rotatable bonds is 10. The maximum atomic E-state index is 13.5. The average Bonchev–Trinajstić information content (AvgIpc) is 3.59. The van der Waals surface area contributed by atoms with Gasteiger partial charge in [-0.25, -0.2) is 4.79 Å². The number of benzene rings is 2. The molecule has 4 N–H and O–H groups in total. The van der Waals surface area contributed by atoms with Crippen LogP contribution in [0.25, 0.3) is 6.08 Å². The second-order valence-electron chi connectivity index (χ2n) is 11.9. The summed E-state index contributed by atoms with van der Waals surface area (Å²) in [6, 6.07) is 13.2. The molecule has 1 fully saturated rings. The first kappa shape index (κ1) is 33.0. The zero-order valence-electron chi connectivity index (χ0n) is 26.0. The van der Waals surface area contributed by atoms with Gasteiger partial charge in [0, 0.05) is 51.6 Å². The van der Waals surface area contributed by atoms with Gasteiger partial charge in [0.1, 0.15) is 24.4 Å². The molecule has 5 rings (SSSR count). The normalized spacial score (nSPS) is 22.4. The van der Waals surface area contributed by atoms with Crippen molar-refractivity contribution in [2.45, 2.75) is 62.4 Å². The Kier molecular flexibility index (Phi) is 10.0. The Balaban J connectivity index is 1.35. The summed E-state index contributed by atoms with van der Waals surface area (Å²) in [6.07, 6.45) is 2.11. The molecule has 5 unspecified atom stereocenters. The monoisotopic (exact) mass is 633 g/mol. The molecule has 12 nitrogen and oxygen atoms in total. The maximum Gasteiger partial charge on any atom is 0.338 e. The number of likely N-dealkylation sites (N-methyl/N-ethyl adjacent to an activating group) is 1.